The first-order chi connectivity index (χ1) is 8.72. The summed E-state index contributed by atoms with van der Waals surface area (Å²) >= 11 is 0. The molecule has 2 rings (SSSR count). The van der Waals surface area contributed by atoms with E-state index in [1.54, 1.807) is 6.07 Å². The number of likely N-dealkylation sites (N-methyl/N-ethyl adjacent to an activating group) is 1. The van der Waals surface area contributed by atoms with Gasteiger partial charge < -0.3 is 5.32 Å². The van der Waals surface area contributed by atoms with Crippen LogP contribution in [0.25, 0.3) is 0 Å². The van der Waals surface area contributed by atoms with Gasteiger partial charge in [-0.05, 0) is 62.4 Å². The average Bonchev–Trinajstić information content (AvgIpc) is 2.40. The van der Waals surface area contributed by atoms with Crippen LogP contribution in [-0.2, 0) is 0 Å². The summed E-state index contributed by atoms with van der Waals surface area (Å²) in [7, 11) is 0. The highest BCUT2D eigenvalue weighted by Crippen LogP contribution is 2.31. The molecule has 0 fully saturated rings. The van der Waals surface area contributed by atoms with Crippen molar-refractivity contribution < 1.29 is 4.39 Å². The Labute approximate surface area is 109 Å². The Morgan fingerprint density at radius 1 is 1.33 bits per heavy atom. The zero-order valence-corrected chi connectivity index (χ0v) is 11.3. The van der Waals surface area contributed by atoms with Crippen molar-refractivity contribution in [3.05, 3.63) is 46.8 Å². The van der Waals surface area contributed by atoms with E-state index in [0.29, 0.717) is 0 Å². The molecule has 0 aliphatic heterocycles. The van der Waals surface area contributed by atoms with Crippen molar-refractivity contribution in [3.8, 4) is 0 Å². The zero-order chi connectivity index (χ0) is 13.0. The van der Waals surface area contributed by atoms with Crippen molar-refractivity contribution in [1.82, 2.24) is 5.32 Å². The summed E-state index contributed by atoms with van der Waals surface area (Å²) in [5.74, 6) is -0.144. The van der Waals surface area contributed by atoms with Crippen molar-refractivity contribution in [2.75, 3.05) is 6.54 Å². The summed E-state index contributed by atoms with van der Waals surface area (Å²) in [6.45, 7) is 5.06. The first kappa shape index (κ1) is 13.3. The molecule has 1 aliphatic rings. The van der Waals surface area contributed by atoms with Crippen LogP contribution >= 0.6 is 0 Å². The lowest BCUT2D eigenvalue weighted by atomic mass is 9.88. The minimum absolute atomic E-state index is 0.144. The molecule has 98 valence electrons. The third kappa shape index (κ3) is 2.99. The first-order valence-corrected chi connectivity index (χ1v) is 6.90. The normalized spacial score (nSPS) is 17.4. The molecule has 0 amide bonds. The van der Waals surface area contributed by atoms with Gasteiger partial charge in [-0.15, -0.1) is 0 Å². The van der Waals surface area contributed by atoms with Gasteiger partial charge in [-0.2, -0.15) is 0 Å². The third-order valence-electron chi connectivity index (χ3n) is 3.66. The molecule has 0 saturated heterocycles. The summed E-state index contributed by atoms with van der Waals surface area (Å²) in [5.41, 5.74) is 3.68. The SMILES string of the molecule is CCNC(C1=CCCCC1)c1cc(F)ccc1C. The maximum atomic E-state index is 13.5. The monoisotopic (exact) mass is 247 g/mol. The van der Waals surface area contributed by atoms with Gasteiger partial charge in [0.25, 0.3) is 0 Å². The molecule has 1 aliphatic carbocycles. The van der Waals surface area contributed by atoms with E-state index in [2.05, 4.69) is 25.2 Å². The molecular formula is C16H22FN. The predicted octanol–water partition coefficient (Wildman–Crippen LogP) is 4.29. The predicted molar refractivity (Wildman–Crippen MR) is 74.1 cm³/mol. The smallest absolute Gasteiger partial charge is 0.123 e. The number of nitrogens with one attached hydrogen (secondary N) is 1. The molecule has 2 heteroatoms. The van der Waals surface area contributed by atoms with Crippen molar-refractivity contribution >= 4 is 0 Å². The molecule has 1 atom stereocenters. The van der Waals surface area contributed by atoms with Crippen molar-refractivity contribution in [1.29, 1.82) is 0 Å². The summed E-state index contributed by atoms with van der Waals surface area (Å²) in [5, 5.41) is 3.50. The summed E-state index contributed by atoms with van der Waals surface area (Å²) in [4.78, 5) is 0. The van der Waals surface area contributed by atoms with Crippen LogP contribution in [-0.4, -0.2) is 6.54 Å². The van der Waals surface area contributed by atoms with Gasteiger partial charge in [-0.3, -0.25) is 0 Å². The quantitative estimate of drug-likeness (QED) is 0.783. The van der Waals surface area contributed by atoms with Crippen molar-refractivity contribution in [3.63, 3.8) is 0 Å². The highest BCUT2D eigenvalue weighted by atomic mass is 19.1. The van der Waals surface area contributed by atoms with Crippen LogP contribution in [0, 0.1) is 12.7 Å². The van der Waals surface area contributed by atoms with Crippen molar-refractivity contribution in [2.24, 2.45) is 0 Å². The van der Waals surface area contributed by atoms with Gasteiger partial charge >= 0.3 is 0 Å². The second kappa shape index (κ2) is 6.14. The second-order valence-electron chi connectivity index (χ2n) is 5.02. The fourth-order valence-electron chi connectivity index (χ4n) is 2.69. The van der Waals surface area contributed by atoms with E-state index in [9.17, 15) is 4.39 Å². The molecule has 18 heavy (non-hydrogen) atoms. The van der Waals surface area contributed by atoms with Crippen LogP contribution < -0.4 is 5.32 Å². The fourth-order valence-corrected chi connectivity index (χ4v) is 2.69. The number of halogens is 1. The van der Waals surface area contributed by atoms with Gasteiger partial charge in [0.1, 0.15) is 5.82 Å². The lowest BCUT2D eigenvalue weighted by Crippen LogP contribution is -2.24. The van der Waals surface area contributed by atoms with Crippen LogP contribution in [0.2, 0.25) is 0 Å². The highest BCUT2D eigenvalue weighted by molar-refractivity contribution is 5.35. The van der Waals surface area contributed by atoms with Crippen LogP contribution in [0.15, 0.2) is 29.8 Å². The number of hydrogen-bond donors (Lipinski definition) is 1. The zero-order valence-electron chi connectivity index (χ0n) is 11.3. The van der Waals surface area contributed by atoms with Crippen LogP contribution in [0.3, 0.4) is 0 Å². The molecule has 1 N–H and O–H groups in total. The molecule has 0 heterocycles. The maximum Gasteiger partial charge on any atom is 0.123 e. The van der Waals surface area contributed by atoms with Crippen LogP contribution in [0.5, 0.6) is 0 Å². The largest absolute Gasteiger partial charge is 0.307 e. The lowest BCUT2D eigenvalue weighted by Gasteiger charge is -2.26. The Morgan fingerprint density at radius 3 is 2.83 bits per heavy atom. The Bertz CT molecular complexity index is 437. The molecule has 1 unspecified atom stereocenters. The van der Waals surface area contributed by atoms with E-state index in [0.717, 1.165) is 30.5 Å². The molecule has 0 aromatic heterocycles. The van der Waals surface area contributed by atoms with Gasteiger partial charge in [-0.25, -0.2) is 4.39 Å². The Morgan fingerprint density at radius 2 is 2.17 bits per heavy atom. The highest BCUT2D eigenvalue weighted by Gasteiger charge is 2.19. The molecular weight excluding hydrogens is 225 g/mol. The second-order valence-corrected chi connectivity index (χ2v) is 5.02. The Balaban J connectivity index is 2.34. The number of hydrogen-bond acceptors (Lipinski definition) is 1. The van der Waals surface area contributed by atoms with Crippen LogP contribution in [0.4, 0.5) is 4.39 Å². The Kier molecular flexibility index (Phi) is 4.54. The first-order valence-electron chi connectivity index (χ1n) is 6.90. The van der Waals surface area contributed by atoms with E-state index in [-0.39, 0.29) is 11.9 Å². The van der Waals surface area contributed by atoms with Gasteiger partial charge in [0, 0.05) is 0 Å². The van der Waals surface area contributed by atoms with E-state index < -0.39 is 0 Å². The number of rotatable bonds is 4. The minimum Gasteiger partial charge on any atom is -0.307 e. The van der Waals surface area contributed by atoms with E-state index in [1.165, 1.54) is 24.5 Å². The molecule has 1 nitrogen and oxygen atoms in total. The summed E-state index contributed by atoms with van der Waals surface area (Å²) in [6.07, 6.45) is 7.16. The number of aryl methyl sites for hydroxylation is 1. The topological polar surface area (TPSA) is 12.0 Å². The van der Waals surface area contributed by atoms with E-state index in [4.69, 9.17) is 0 Å². The molecule has 1 aromatic carbocycles. The fraction of sp³-hybridized carbons (Fsp3) is 0.500. The van der Waals surface area contributed by atoms with Gasteiger partial charge in [0.05, 0.1) is 6.04 Å². The molecule has 0 spiro atoms. The molecule has 0 saturated carbocycles. The number of benzene rings is 1. The summed E-state index contributed by atoms with van der Waals surface area (Å²) < 4.78 is 13.5. The van der Waals surface area contributed by atoms with Crippen molar-refractivity contribution in [2.45, 2.75) is 45.6 Å². The standard InChI is InChI=1S/C16H22FN/c1-3-18-16(13-7-5-4-6-8-13)15-11-14(17)10-9-12(15)2/h7,9-11,16,18H,3-6,8H2,1-2H3. The third-order valence-corrected chi connectivity index (χ3v) is 3.66. The molecule has 0 radical (unpaired) electrons. The van der Waals surface area contributed by atoms with Gasteiger partial charge in [-0.1, -0.05) is 24.6 Å². The Hall–Kier alpha value is -1.15. The molecule has 1 aromatic rings. The maximum absolute atomic E-state index is 13.5. The van der Waals surface area contributed by atoms with E-state index in [1.807, 2.05) is 6.07 Å². The lowest BCUT2D eigenvalue weighted by molar-refractivity contribution is 0.555. The summed E-state index contributed by atoms with van der Waals surface area (Å²) in [6, 6.07) is 5.28. The molecule has 0 bridgehead atoms. The van der Waals surface area contributed by atoms with E-state index >= 15 is 0 Å². The van der Waals surface area contributed by atoms with Crippen LogP contribution in [0.1, 0.15) is 49.8 Å². The number of allylic oxidation sites excluding steroid dienone is 1. The van der Waals surface area contributed by atoms with Gasteiger partial charge in [0.15, 0.2) is 0 Å². The van der Waals surface area contributed by atoms with Gasteiger partial charge in [0.2, 0.25) is 0 Å². The average molecular weight is 247 g/mol. The minimum atomic E-state index is -0.144.